The number of ether oxygens (including phenoxy) is 1. The summed E-state index contributed by atoms with van der Waals surface area (Å²) in [4.78, 5) is 18.0. The van der Waals surface area contributed by atoms with E-state index in [1.165, 1.54) is 12.3 Å². The predicted molar refractivity (Wildman–Crippen MR) is 76.7 cm³/mol. The van der Waals surface area contributed by atoms with Crippen molar-refractivity contribution < 1.29 is 13.9 Å². The molecule has 0 spiro atoms. The fraction of sp³-hybridized carbons (Fsp3) is 0.333. The molecule has 2 rings (SSSR count). The van der Waals surface area contributed by atoms with Gasteiger partial charge in [0.1, 0.15) is 11.4 Å². The number of carbonyl (C=O) groups is 1. The summed E-state index contributed by atoms with van der Waals surface area (Å²) < 4.78 is 18.7. The molecule has 0 aliphatic rings. The summed E-state index contributed by atoms with van der Waals surface area (Å²) in [5.41, 5.74) is 2.11. The van der Waals surface area contributed by atoms with Crippen LogP contribution in [0.4, 0.5) is 10.1 Å². The predicted octanol–water partition coefficient (Wildman–Crippen LogP) is 2.93. The molecule has 1 aromatic carbocycles. The maximum Gasteiger partial charge on any atom is 0.341 e. The Labute approximate surface area is 117 Å². The van der Waals surface area contributed by atoms with E-state index in [9.17, 15) is 9.18 Å². The first-order chi connectivity index (χ1) is 9.47. The zero-order valence-corrected chi connectivity index (χ0v) is 12.0. The second kappa shape index (κ2) is 5.45. The van der Waals surface area contributed by atoms with Crippen LogP contribution >= 0.6 is 0 Å². The van der Waals surface area contributed by atoms with E-state index >= 15 is 0 Å². The normalized spacial score (nSPS) is 10.7. The number of rotatable bonds is 3. The summed E-state index contributed by atoms with van der Waals surface area (Å²) in [5, 5.41) is 0.736. The molecule has 4 nitrogen and oxygen atoms in total. The highest BCUT2D eigenvalue weighted by Gasteiger charge is 2.19. The lowest BCUT2D eigenvalue weighted by molar-refractivity contribution is 0.0527. The van der Waals surface area contributed by atoms with Crippen LogP contribution in [0, 0.1) is 12.7 Å². The van der Waals surface area contributed by atoms with E-state index < -0.39 is 5.97 Å². The first-order valence-corrected chi connectivity index (χ1v) is 6.39. The third-order valence-corrected chi connectivity index (χ3v) is 3.14. The maximum absolute atomic E-state index is 13.6. The first kappa shape index (κ1) is 14.2. The van der Waals surface area contributed by atoms with E-state index in [1.807, 2.05) is 19.0 Å². The number of anilines is 1. The highest BCUT2D eigenvalue weighted by molar-refractivity contribution is 6.05. The lowest BCUT2D eigenvalue weighted by atomic mass is 10.0. The summed E-state index contributed by atoms with van der Waals surface area (Å²) in [6, 6.07) is 3.03. The van der Waals surface area contributed by atoms with Crippen molar-refractivity contribution in [2.45, 2.75) is 13.8 Å². The molecule has 0 saturated carbocycles. The smallest absolute Gasteiger partial charge is 0.341 e. The van der Waals surface area contributed by atoms with Crippen LogP contribution in [-0.4, -0.2) is 31.7 Å². The maximum atomic E-state index is 13.6. The van der Waals surface area contributed by atoms with E-state index in [1.54, 1.807) is 19.9 Å². The van der Waals surface area contributed by atoms with Gasteiger partial charge in [-0.05, 0) is 26.0 Å². The van der Waals surface area contributed by atoms with E-state index in [0.717, 1.165) is 5.39 Å². The van der Waals surface area contributed by atoms with E-state index in [-0.39, 0.29) is 5.82 Å². The third kappa shape index (κ3) is 2.31. The quantitative estimate of drug-likeness (QED) is 0.808. The van der Waals surface area contributed by atoms with Crippen molar-refractivity contribution >= 4 is 22.6 Å². The summed E-state index contributed by atoms with van der Waals surface area (Å²) in [6.45, 7) is 3.72. The number of aryl methyl sites for hydroxylation is 1. The van der Waals surface area contributed by atoms with Gasteiger partial charge in [0.15, 0.2) is 0 Å². The average Bonchev–Trinajstić information content (AvgIpc) is 2.41. The molecule has 0 radical (unpaired) electrons. The lowest BCUT2D eigenvalue weighted by Gasteiger charge is -2.19. The van der Waals surface area contributed by atoms with Gasteiger partial charge in [-0.2, -0.15) is 0 Å². The minimum absolute atomic E-state index is 0.298. The van der Waals surface area contributed by atoms with Crippen molar-refractivity contribution in [1.29, 1.82) is 0 Å². The SMILES string of the molecule is CCOC(=O)c1cnc2c(C)c(F)ccc2c1N(C)C. The number of pyridine rings is 1. The Balaban J connectivity index is 2.76. The van der Waals surface area contributed by atoms with Crippen molar-refractivity contribution in [3.8, 4) is 0 Å². The number of aromatic nitrogens is 1. The zero-order chi connectivity index (χ0) is 14.9. The van der Waals surface area contributed by atoms with E-state index in [2.05, 4.69) is 4.98 Å². The number of esters is 1. The van der Waals surface area contributed by atoms with Gasteiger partial charge in [0, 0.05) is 31.2 Å². The van der Waals surface area contributed by atoms with Crippen molar-refractivity contribution in [2.75, 3.05) is 25.6 Å². The van der Waals surface area contributed by atoms with Gasteiger partial charge in [-0.15, -0.1) is 0 Å². The molecule has 2 aromatic rings. The van der Waals surface area contributed by atoms with Crippen molar-refractivity contribution in [3.63, 3.8) is 0 Å². The number of nitrogens with zero attached hydrogens (tertiary/aromatic N) is 2. The fourth-order valence-electron chi connectivity index (χ4n) is 2.21. The minimum atomic E-state index is -0.424. The molecule has 0 amide bonds. The van der Waals surface area contributed by atoms with Crippen LogP contribution in [0.5, 0.6) is 0 Å². The Morgan fingerprint density at radius 3 is 2.70 bits per heavy atom. The molecule has 20 heavy (non-hydrogen) atoms. The average molecular weight is 276 g/mol. The molecule has 0 fully saturated rings. The number of hydrogen-bond acceptors (Lipinski definition) is 4. The summed E-state index contributed by atoms with van der Waals surface area (Å²) >= 11 is 0. The Bertz CT molecular complexity index is 668. The lowest BCUT2D eigenvalue weighted by Crippen LogP contribution is -2.16. The van der Waals surface area contributed by atoms with Crippen LogP contribution in [0.3, 0.4) is 0 Å². The Morgan fingerprint density at radius 1 is 1.40 bits per heavy atom. The van der Waals surface area contributed by atoms with Crippen LogP contribution in [0.25, 0.3) is 10.9 Å². The Hall–Kier alpha value is -2.17. The van der Waals surface area contributed by atoms with Gasteiger partial charge in [0.2, 0.25) is 0 Å². The number of fused-ring (bicyclic) bond motifs is 1. The van der Waals surface area contributed by atoms with Crippen LogP contribution in [0.2, 0.25) is 0 Å². The molecule has 0 aliphatic heterocycles. The van der Waals surface area contributed by atoms with Crippen molar-refractivity contribution in [2.24, 2.45) is 0 Å². The largest absolute Gasteiger partial charge is 0.462 e. The standard InChI is InChI=1S/C15H17FN2O2/c1-5-20-15(19)11-8-17-13-9(2)12(16)7-6-10(13)14(11)18(3)4/h6-8H,5H2,1-4H3. The molecule has 106 valence electrons. The molecule has 0 unspecified atom stereocenters. The van der Waals surface area contributed by atoms with Gasteiger partial charge in [-0.1, -0.05) is 0 Å². The van der Waals surface area contributed by atoms with Gasteiger partial charge < -0.3 is 9.64 Å². The van der Waals surface area contributed by atoms with E-state index in [0.29, 0.717) is 28.9 Å². The van der Waals surface area contributed by atoms with Crippen LogP contribution in [0.15, 0.2) is 18.3 Å². The molecule has 1 aromatic heterocycles. The zero-order valence-electron chi connectivity index (χ0n) is 12.0. The van der Waals surface area contributed by atoms with Gasteiger partial charge in [-0.25, -0.2) is 9.18 Å². The second-order valence-electron chi connectivity index (χ2n) is 4.70. The van der Waals surface area contributed by atoms with Crippen molar-refractivity contribution in [3.05, 3.63) is 35.3 Å². The van der Waals surface area contributed by atoms with Crippen molar-refractivity contribution in [1.82, 2.24) is 4.98 Å². The molecule has 0 aliphatic carbocycles. The molecular weight excluding hydrogens is 259 g/mol. The molecule has 0 atom stereocenters. The highest BCUT2D eigenvalue weighted by Crippen LogP contribution is 2.31. The molecule has 1 heterocycles. The monoisotopic (exact) mass is 276 g/mol. The molecule has 0 saturated heterocycles. The van der Waals surface area contributed by atoms with Gasteiger partial charge in [0.05, 0.1) is 17.8 Å². The summed E-state index contributed by atoms with van der Waals surface area (Å²) in [7, 11) is 3.66. The minimum Gasteiger partial charge on any atom is -0.462 e. The Morgan fingerprint density at radius 2 is 2.10 bits per heavy atom. The number of benzene rings is 1. The topological polar surface area (TPSA) is 42.4 Å². The first-order valence-electron chi connectivity index (χ1n) is 6.39. The fourth-order valence-corrected chi connectivity index (χ4v) is 2.21. The van der Waals surface area contributed by atoms with Gasteiger partial charge in [0.25, 0.3) is 0 Å². The molecule has 0 bridgehead atoms. The third-order valence-electron chi connectivity index (χ3n) is 3.14. The van der Waals surface area contributed by atoms with E-state index in [4.69, 9.17) is 4.74 Å². The molecule has 5 heteroatoms. The summed E-state index contributed by atoms with van der Waals surface area (Å²) in [5.74, 6) is -0.730. The molecule has 0 N–H and O–H groups in total. The number of halogens is 1. The van der Waals surface area contributed by atoms with Crippen LogP contribution in [-0.2, 0) is 4.74 Å². The number of hydrogen-bond donors (Lipinski definition) is 0. The van der Waals surface area contributed by atoms with Gasteiger partial charge >= 0.3 is 5.97 Å². The number of carbonyl (C=O) groups excluding carboxylic acids is 1. The Kier molecular flexibility index (Phi) is 3.88. The second-order valence-corrected chi connectivity index (χ2v) is 4.70. The summed E-state index contributed by atoms with van der Waals surface area (Å²) in [6.07, 6.45) is 1.45. The highest BCUT2D eigenvalue weighted by atomic mass is 19.1. The molecular formula is C15H17FN2O2. The van der Waals surface area contributed by atoms with Crippen LogP contribution in [0.1, 0.15) is 22.8 Å². The van der Waals surface area contributed by atoms with Gasteiger partial charge in [-0.3, -0.25) is 4.98 Å². The van der Waals surface area contributed by atoms with Crippen LogP contribution < -0.4 is 4.90 Å².